The van der Waals surface area contributed by atoms with Gasteiger partial charge in [0.25, 0.3) is 0 Å². The number of fused-ring (bicyclic) bond motifs is 1. The van der Waals surface area contributed by atoms with Crippen LogP contribution in [0.4, 0.5) is 5.95 Å². The van der Waals surface area contributed by atoms with E-state index >= 15 is 0 Å². The van der Waals surface area contributed by atoms with Crippen LogP contribution in [0.25, 0.3) is 16.7 Å². The second-order valence-corrected chi connectivity index (χ2v) is 5.72. The van der Waals surface area contributed by atoms with Gasteiger partial charge in [-0.1, -0.05) is 33.6 Å². The van der Waals surface area contributed by atoms with Gasteiger partial charge in [-0.05, 0) is 42.8 Å². The Morgan fingerprint density at radius 2 is 2.00 bits per heavy atom. The zero-order valence-corrected chi connectivity index (χ0v) is 12.5. The molecule has 2 N–H and O–H groups in total. The van der Waals surface area contributed by atoms with Crippen LogP contribution in [0.15, 0.2) is 40.9 Å². The molecule has 3 aromatic rings. The Hall–Kier alpha value is -1.52. The predicted molar refractivity (Wildman–Crippen MR) is 82.9 cm³/mol. The van der Waals surface area contributed by atoms with Gasteiger partial charge in [0.05, 0.1) is 21.7 Å². The zero-order chi connectivity index (χ0) is 13.6. The summed E-state index contributed by atoms with van der Waals surface area (Å²) < 4.78 is 2.80. The predicted octanol–water partition coefficient (Wildman–Crippen LogP) is 4.33. The summed E-state index contributed by atoms with van der Waals surface area (Å²) in [5.74, 6) is 0.435. The Bertz CT molecular complexity index is 780. The van der Waals surface area contributed by atoms with E-state index in [0.717, 1.165) is 26.8 Å². The summed E-state index contributed by atoms with van der Waals surface area (Å²) >= 11 is 9.69. The number of halogens is 2. The second-order valence-electron chi connectivity index (χ2n) is 4.39. The summed E-state index contributed by atoms with van der Waals surface area (Å²) in [5, 5.41) is 0.626. The molecule has 0 aliphatic heterocycles. The molecule has 19 heavy (non-hydrogen) atoms. The van der Waals surface area contributed by atoms with Gasteiger partial charge in [0.2, 0.25) is 5.95 Å². The second kappa shape index (κ2) is 4.54. The molecule has 96 valence electrons. The van der Waals surface area contributed by atoms with E-state index in [0.29, 0.717) is 11.0 Å². The maximum atomic E-state index is 6.29. The number of hydrogen-bond acceptors (Lipinski definition) is 2. The topological polar surface area (TPSA) is 43.8 Å². The quantitative estimate of drug-likeness (QED) is 0.718. The van der Waals surface area contributed by atoms with Crippen molar-refractivity contribution in [3.63, 3.8) is 0 Å². The first kappa shape index (κ1) is 12.5. The molecule has 0 unspecified atom stereocenters. The van der Waals surface area contributed by atoms with Crippen molar-refractivity contribution >= 4 is 44.5 Å². The van der Waals surface area contributed by atoms with Crippen LogP contribution in [0.3, 0.4) is 0 Å². The summed E-state index contributed by atoms with van der Waals surface area (Å²) in [6, 6.07) is 11.7. The molecule has 0 fully saturated rings. The third kappa shape index (κ3) is 2.11. The summed E-state index contributed by atoms with van der Waals surface area (Å²) in [5.41, 5.74) is 9.83. The van der Waals surface area contributed by atoms with Gasteiger partial charge in [0.1, 0.15) is 0 Å². The van der Waals surface area contributed by atoms with E-state index in [2.05, 4.69) is 20.9 Å². The Labute approximate surface area is 124 Å². The minimum absolute atomic E-state index is 0.435. The molecule has 0 amide bonds. The highest BCUT2D eigenvalue weighted by Crippen LogP contribution is 2.30. The molecule has 3 nitrogen and oxygen atoms in total. The maximum absolute atomic E-state index is 6.29. The fourth-order valence-corrected chi connectivity index (χ4v) is 2.88. The first-order valence-corrected chi connectivity index (χ1v) is 6.93. The van der Waals surface area contributed by atoms with Crippen LogP contribution >= 0.6 is 27.5 Å². The monoisotopic (exact) mass is 335 g/mol. The normalized spacial score (nSPS) is 11.1. The Morgan fingerprint density at radius 3 is 2.74 bits per heavy atom. The first-order chi connectivity index (χ1) is 9.06. The van der Waals surface area contributed by atoms with Gasteiger partial charge in [-0.15, -0.1) is 0 Å². The molecule has 0 aliphatic rings. The first-order valence-electron chi connectivity index (χ1n) is 5.76. The van der Waals surface area contributed by atoms with Crippen LogP contribution in [-0.2, 0) is 0 Å². The molecule has 0 radical (unpaired) electrons. The number of hydrogen-bond donors (Lipinski definition) is 1. The van der Waals surface area contributed by atoms with Crippen LogP contribution < -0.4 is 5.73 Å². The molecule has 5 heteroatoms. The number of imidazole rings is 1. The number of aromatic nitrogens is 2. The standard InChI is InChI=1S/C14H11BrClN3/c1-8-2-4-13-11(6-8)18-14(17)19(13)12-5-3-9(15)7-10(12)16/h2-7H,1H3,(H2,17,18). The molecule has 1 heterocycles. The Balaban J connectivity index is 2.33. The van der Waals surface area contributed by atoms with E-state index in [1.54, 1.807) is 0 Å². The summed E-state index contributed by atoms with van der Waals surface area (Å²) in [7, 11) is 0. The number of anilines is 1. The number of nitrogen functional groups attached to an aromatic ring is 1. The van der Waals surface area contributed by atoms with E-state index in [9.17, 15) is 0 Å². The van der Waals surface area contributed by atoms with Gasteiger partial charge < -0.3 is 5.73 Å². The lowest BCUT2D eigenvalue weighted by Gasteiger charge is -2.09. The van der Waals surface area contributed by atoms with E-state index in [1.165, 1.54) is 0 Å². The molecule has 0 saturated carbocycles. The summed E-state index contributed by atoms with van der Waals surface area (Å²) in [6.07, 6.45) is 0. The molecular weight excluding hydrogens is 326 g/mol. The van der Waals surface area contributed by atoms with Crippen molar-refractivity contribution in [3.8, 4) is 5.69 Å². The molecule has 0 aliphatic carbocycles. The lowest BCUT2D eigenvalue weighted by Crippen LogP contribution is -2.01. The van der Waals surface area contributed by atoms with Crippen molar-refractivity contribution in [3.05, 3.63) is 51.5 Å². The lowest BCUT2D eigenvalue weighted by molar-refractivity contribution is 1.11. The minimum Gasteiger partial charge on any atom is -0.369 e. The van der Waals surface area contributed by atoms with Crippen molar-refractivity contribution in [2.75, 3.05) is 5.73 Å². The smallest absolute Gasteiger partial charge is 0.205 e. The largest absolute Gasteiger partial charge is 0.369 e. The SMILES string of the molecule is Cc1ccc2c(c1)nc(N)n2-c1ccc(Br)cc1Cl. The number of nitrogens with zero attached hydrogens (tertiary/aromatic N) is 2. The molecule has 0 atom stereocenters. The Kier molecular flexibility index (Phi) is 2.99. The van der Waals surface area contributed by atoms with Crippen LogP contribution in [-0.4, -0.2) is 9.55 Å². The van der Waals surface area contributed by atoms with Gasteiger partial charge in [-0.25, -0.2) is 4.98 Å². The number of aryl methyl sites for hydroxylation is 1. The third-order valence-corrected chi connectivity index (χ3v) is 3.78. The van der Waals surface area contributed by atoms with Crippen molar-refractivity contribution < 1.29 is 0 Å². The molecular formula is C14H11BrClN3. The van der Waals surface area contributed by atoms with Crippen LogP contribution in [0, 0.1) is 6.92 Å². The van der Waals surface area contributed by atoms with Gasteiger partial charge >= 0.3 is 0 Å². The van der Waals surface area contributed by atoms with Crippen molar-refractivity contribution in [1.82, 2.24) is 9.55 Å². The van der Waals surface area contributed by atoms with Crippen LogP contribution in [0.5, 0.6) is 0 Å². The van der Waals surface area contributed by atoms with Crippen molar-refractivity contribution in [2.24, 2.45) is 0 Å². The average Bonchev–Trinajstić information content (AvgIpc) is 2.65. The summed E-state index contributed by atoms with van der Waals surface area (Å²) in [4.78, 5) is 4.38. The molecule has 2 aromatic carbocycles. The number of rotatable bonds is 1. The highest BCUT2D eigenvalue weighted by atomic mass is 79.9. The highest BCUT2D eigenvalue weighted by molar-refractivity contribution is 9.10. The third-order valence-electron chi connectivity index (χ3n) is 2.99. The van der Waals surface area contributed by atoms with Gasteiger partial charge in [0.15, 0.2) is 0 Å². The van der Waals surface area contributed by atoms with Crippen LogP contribution in [0.2, 0.25) is 5.02 Å². The molecule has 1 aromatic heterocycles. The van der Waals surface area contributed by atoms with E-state index in [1.807, 2.05) is 47.9 Å². The molecule has 0 bridgehead atoms. The van der Waals surface area contributed by atoms with E-state index in [4.69, 9.17) is 17.3 Å². The maximum Gasteiger partial charge on any atom is 0.205 e. The average molecular weight is 337 g/mol. The van der Waals surface area contributed by atoms with Crippen molar-refractivity contribution in [1.29, 1.82) is 0 Å². The summed E-state index contributed by atoms with van der Waals surface area (Å²) in [6.45, 7) is 2.03. The Morgan fingerprint density at radius 1 is 1.21 bits per heavy atom. The molecule has 3 rings (SSSR count). The van der Waals surface area contributed by atoms with E-state index < -0.39 is 0 Å². The lowest BCUT2D eigenvalue weighted by atomic mass is 10.2. The number of benzene rings is 2. The zero-order valence-electron chi connectivity index (χ0n) is 10.2. The molecule has 0 spiro atoms. The number of nitrogens with two attached hydrogens (primary N) is 1. The highest BCUT2D eigenvalue weighted by Gasteiger charge is 2.12. The van der Waals surface area contributed by atoms with Gasteiger partial charge in [-0.2, -0.15) is 0 Å². The van der Waals surface area contributed by atoms with Gasteiger partial charge in [-0.3, -0.25) is 4.57 Å². The van der Waals surface area contributed by atoms with Crippen molar-refractivity contribution in [2.45, 2.75) is 6.92 Å². The minimum atomic E-state index is 0.435. The fraction of sp³-hybridized carbons (Fsp3) is 0.0714. The fourth-order valence-electron chi connectivity index (χ4n) is 2.12. The van der Waals surface area contributed by atoms with E-state index in [-0.39, 0.29) is 0 Å². The van der Waals surface area contributed by atoms with Crippen LogP contribution in [0.1, 0.15) is 5.56 Å². The molecule has 0 saturated heterocycles. The van der Waals surface area contributed by atoms with Gasteiger partial charge in [0, 0.05) is 4.47 Å².